The lowest BCUT2D eigenvalue weighted by atomic mass is 9.49. The van der Waals surface area contributed by atoms with E-state index in [0.717, 1.165) is 43.2 Å². The molecule has 4 aliphatic carbocycles. The van der Waals surface area contributed by atoms with Crippen LogP contribution in [0.15, 0.2) is 24.4 Å². The van der Waals surface area contributed by atoms with Crippen LogP contribution in [0, 0.1) is 23.2 Å². The molecule has 0 spiro atoms. The molecule has 25 heavy (non-hydrogen) atoms. The summed E-state index contributed by atoms with van der Waals surface area (Å²) in [7, 11) is 0. The van der Waals surface area contributed by atoms with Gasteiger partial charge in [-0.3, -0.25) is 4.79 Å². The van der Waals surface area contributed by atoms with Crippen LogP contribution in [0.2, 0.25) is 0 Å². The first-order valence-electron chi connectivity index (χ1n) is 10.1. The van der Waals surface area contributed by atoms with Crippen LogP contribution in [0.5, 0.6) is 0 Å². The SMILES string of the molecule is C[C@H]1CN(c2ccccn2)CCN1C(=O)C12CC3CC(CC(C3)C1)C2. The Bertz CT molecular complexity index is 623. The van der Waals surface area contributed by atoms with Gasteiger partial charge in [0.15, 0.2) is 0 Å². The highest BCUT2D eigenvalue weighted by Crippen LogP contribution is 2.60. The summed E-state index contributed by atoms with van der Waals surface area (Å²) >= 11 is 0. The minimum Gasteiger partial charge on any atom is -0.353 e. The van der Waals surface area contributed by atoms with E-state index < -0.39 is 0 Å². The zero-order valence-electron chi connectivity index (χ0n) is 15.2. The monoisotopic (exact) mass is 339 g/mol. The summed E-state index contributed by atoms with van der Waals surface area (Å²) in [6.07, 6.45) is 9.56. The van der Waals surface area contributed by atoms with Crippen molar-refractivity contribution in [2.24, 2.45) is 23.2 Å². The lowest BCUT2D eigenvalue weighted by molar-refractivity contribution is -0.160. The first-order valence-corrected chi connectivity index (χ1v) is 10.1. The van der Waals surface area contributed by atoms with E-state index in [1.165, 1.54) is 38.5 Å². The van der Waals surface area contributed by atoms with Gasteiger partial charge in [-0.2, -0.15) is 0 Å². The molecule has 1 aromatic heterocycles. The molecule has 0 unspecified atom stereocenters. The highest BCUT2D eigenvalue weighted by Gasteiger charge is 2.56. The average Bonchev–Trinajstić information content (AvgIpc) is 2.61. The Morgan fingerprint density at radius 2 is 1.76 bits per heavy atom. The number of hydrogen-bond acceptors (Lipinski definition) is 3. The van der Waals surface area contributed by atoms with Crippen molar-refractivity contribution in [1.82, 2.24) is 9.88 Å². The van der Waals surface area contributed by atoms with Crippen LogP contribution >= 0.6 is 0 Å². The summed E-state index contributed by atoms with van der Waals surface area (Å²) in [5, 5.41) is 0. The third kappa shape index (κ3) is 2.56. The van der Waals surface area contributed by atoms with Crippen molar-refractivity contribution in [3.8, 4) is 0 Å². The van der Waals surface area contributed by atoms with Gasteiger partial charge in [-0.25, -0.2) is 4.98 Å². The summed E-state index contributed by atoms with van der Waals surface area (Å²) in [5.41, 5.74) is -0.00379. The summed E-state index contributed by atoms with van der Waals surface area (Å²) in [6.45, 7) is 4.86. The van der Waals surface area contributed by atoms with Crippen molar-refractivity contribution >= 4 is 11.7 Å². The van der Waals surface area contributed by atoms with Gasteiger partial charge >= 0.3 is 0 Å². The lowest BCUT2D eigenvalue weighted by Gasteiger charge is -2.57. The molecular formula is C21H29N3O. The van der Waals surface area contributed by atoms with Crippen molar-refractivity contribution in [3.05, 3.63) is 24.4 Å². The Hall–Kier alpha value is -1.58. The van der Waals surface area contributed by atoms with E-state index in [2.05, 4.69) is 27.8 Å². The Balaban J connectivity index is 1.32. The molecule has 1 atom stereocenters. The van der Waals surface area contributed by atoms with Crippen molar-refractivity contribution in [2.75, 3.05) is 24.5 Å². The maximum absolute atomic E-state index is 13.6. The van der Waals surface area contributed by atoms with Crippen LogP contribution in [0.4, 0.5) is 5.82 Å². The highest BCUT2D eigenvalue weighted by atomic mass is 16.2. The molecule has 1 aliphatic heterocycles. The molecule has 4 heteroatoms. The quantitative estimate of drug-likeness (QED) is 0.829. The summed E-state index contributed by atoms with van der Waals surface area (Å²) < 4.78 is 0. The Kier molecular flexibility index (Phi) is 3.58. The zero-order chi connectivity index (χ0) is 17.0. The molecule has 4 saturated carbocycles. The van der Waals surface area contributed by atoms with Gasteiger partial charge in [0, 0.05) is 31.9 Å². The Morgan fingerprint density at radius 1 is 1.08 bits per heavy atom. The molecule has 1 amide bonds. The van der Waals surface area contributed by atoms with Gasteiger partial charge in [0.2, 0.25) is 5.91 Å². The zero-order valence-corrected chi connectivity index (χ0v) is 15.2. The number of amides is 1. The standard InChI is InChI=1S/C21H29N3O/c1-15-14-23(19-4-2-3-5-22-19)6-7-24(15)20(25)21-11-16-8-17(12-21)10-18(9-16)13-21/h2-5,15-18H,6-14H2,1H3/t15-,16?,17?,18?,21?/m0/s1. The second-order valence-electron chi connectivity index (χ2n) is 9.18. The second-order valence-corrected chi connectivity index (χ2v) is 9.18. The molecule has 0 aromatic carbocycles. The predicted octanol–water partition coefficient (Wildman–Crippen LogP) is 3.34. The van der Waals surface area contributed by atoms with Crippen LogP contribution in [0.25, 0.3) is 0 Å². The Morgan fingerprint density at radius 3 is 2.32 bits per heavy atom. The number of aromatic nitrogens is 1. The van der Waals surface area contributed by atoms with Gasteiger partial charge in [-0.05, 0) is 75.3 Å². The van der Waals surface area contributed by atoms with Crippen molar-refractivity contribution in [1.29, 1.82) is 0 Å². The smallest absolute Gasteiger partial charge is 0.229 e. The molecule has 6 rings (SSSR count). The molecule has 0 N–H and O–H groups in total. The predicted molar refractivity (Wildman–Crippen MR) is 98.2 cm³/mol. The molecule has 1 saturated heterocycles. The van der Waals surface area contributed by atoms with Crippen LogP contribution in [0.3, 0.4) is 0 Å². The molecule has 0 radical (unpaired) electrons. The summed E-state index contributed by atoms with van der Waals surface area (Å²) in [6, 6.07) is 6.35. The molecule has 1 aromatic rings. The first-order chi connectivity index (χ1) is 12.1. The number of pyridine rings is 1. The number of carbonyl (C=O) groups excluding carboxylic acids is 1. The van der Waals surface area contributed by atoms with Gasteiger partial charge in [0.05, 0.1) is 5.41 Å². The van der Waals surface area contributed by atoms with Gasteiger partial charge in [-0.15, -0.1) is 0 Å². The van der Waals surface area contributed by atoms with E-state index >= 15 is 0 Å². The third-order valence-electron chi connectivity index (χ3n) is 7.35. The molecule has 4 nitrogen and oxygen atoms in total. The van der Waals surface area contributed by atoms with Gasteiger partial charge in [-0.1, -0.05) is 6.07 Å². The Labute approximate surface area is 150 Å². The van der Waals surface area contributed by atoms with E-state index in [0.29, 0.717) is 5.91 Å². The van der Waals surface area contributed by atoms with Crippen LogP contribution in [0.1, 0.15) is 45.4 Å². The van der Waals surface area contributed by atoms with Crippen molar-refractivity contribution < 1.29 is 4.79 Å². The summed E-state index contributed by atoms with van der Waals surface area (Å²) in [4.78, 5) is 22.6. The van der Waals surface area contributed by atoms with E-state index in [9.17, 15) is 4.79 Å². The number of nitrogens with zero attached hydrogens (tertiary/aromatic N) is 3. The number of piperazine rings is 1. The fourth-order valence-corrected chi connectivity index (χ4v) is 6.69. The third-order valence-corrected chi connectivity index (χ3v) is 7.35. The van der Waals surface area contributed by atoms with Crippen LogP contribution in [-0.2, 0) is 4.79 Å². The maximum Gasteiger partial charge on any atom is 0.229 e. The lowest BCUT2D eigenvalue weighted by Crippen LogP contribution is -2.61. The average molecular weight is 339 g/mol. The maximum atomic E-state index is 13.6. The topological polar surface area (TPSA) is 36.4 Å². The summed E-state index contributed by atoms with van der Waals surface area (Å²) in [5.74, 6) is 4.02. The van der Waals surface area contributed by atoms with Crippen LogP contribution in [-0.4, -0.2) is 41.5 Å². The molecule has 2 heterocycles. The number of hydrogen-bond donors (Lipinski definition) is 0. The minimum atomic E-state index is -0.00379. The highest BCUT2D eigenvalue weighted by molar-refractivity contribution is 5.84. The molecule has 5 fully saturated rings. The van der Waals surface area contributed by atoms with E-state index in [4.69, 9.17) is 0 Å². The number of carbonyl (C=O) groups is 1. The van der Waals surface area contributed by atoms with E-state index in [-0.39, 0.29) is 11.5 Å². The molecule has 134 valence electrons. The van der Waals surface area contributed by atoms with Gasteiger partial charge in [0.1, 0.15) is 5.82 Å². The first kappa shape index (κ1) is 15.7. The fourth-order valence-electron chi connectivity index (χ4n) is 6.69. The normalized spacial score (nSPS) is 39.7. The minimum absolute atomic E-state index is 0.00379. The number of anilines is 1. The van der Waals surface area contributed by atoms with Gasteiger partial charge in [0.25, 0.3) is 0 Å². The molecule has 5 aliphatic rings. The van der Waals surface area contributed by atoms with Crippen molar-refractivity contribution in [2.45, 2.75) is 51.5 Å². The fraction of sp³-hybridized carbons (Fsp3) is 0.714. The largest absolute Gasteiger partial charge is 0.353 e. The van der Waals surface area contributed by atoms with E-state index in [1.807, 2.05) is 18.3 Å². The number of rotatable bonds is 2. The van der Waals surface area contributed by atoms with Gasteiger partial charge < -0.3 is 9.80 Å². The van der Waals surface area contributed by atoms with Crippen molar-refractivity contribution in [3.63, 3.8) is 0 Å². The van der Waals surface area contributed by atoms with Crippen LogP contribution < -0.4 is 4.90 Å². The second kappa shape index (κ2) is 5.72. The van der Waals surface area contributed by atoms with E-state index in [1.54, 1.807) is 0 Å². The molecule has 4 bridgehead atoms. The molecular weight excluding hydrogens is 310 g/mol.